The van der Waals surface area contributed by atoms with Crippen molar-refractivity contribution in [2.45, 2.75) is 45.1 Å². The van der Waals surface area contributed by atoms with Crippen molar-refractivity contribution in [3.8, 4) is 0 Å². The lowest BCUT2D eigenvalue weighted by Gasteiger charge is -2.29. The monoisotopic (exact) mass is 343 g/mol. The molecule has 19 heavy (non-hydrogen) atoms. The molecule has 0 aromatic heterocycles. The van der Waals surface area contributed by atoms with Crippen molar-refractivity contribution in [1.82, 2.24) is 5.32 Å². The summed E-state index contributed by atoms with van der Waals surface area (Å²) in [4.78, 5) is 12.2. The first-order valence-electron chi connectivity index (χ1n) is 6.85. The summed E-state index contributed by atoms with van der Waals surface area (Å²) in [7, 11) is 0. The lowest BCUT2D eigenvalue weighted by Crippen LogP contribution is -2.38. The molecule has 4 heteroatoms. The highest BCUT2D eigenvalue weighted by molar-refractivity contribution is 9.10. The van der Waals surface area contributed by atoms with E-state index in [0.717, 1.165) is 23.2 Å². The SMILES string of the molecule is CCC1CCCC(NC(=O)c2cc(Cl)cc(Br)c2)C1. The van der Waals surface area contributed by atoms with Gasteiger partial charge in [0.25, 0.3) is 5.91 Å². The summed E-state index contributed by atoms with van der Waals surface area (Å²) in [6.45, 7) is 2.23. The molecule has 0 heterocycles. The fourth-order valence-corrected chi connectivity index (χ4v) is 3.61. The first-order chi connectivity index (χ1) is 9.08. The summed E-state index contributed by atoms with van der Waals surface area (Å²) >= 11 is 9.34. The van der Waals surface area contributed by atoms with Crippen molar-refractivity contribution >= 4 is 33.4 Å². The van der Waals surface area contributed by atoms with Gasteiger partial charge in [-0.05, 0) is 37.0 Å². The van der Waals surface area contributed by atoms with Crippen molar-refractivity contribution in [1.29, 1.82) is 0 Å². The Kier molecular flexibility index (Phi) is 5.28. The predicted octanol–water partition coefficient (Wildman–Crippen LogP) is 4.80. The second-order valence-electron chi connectivity index (χ2n) is 5.27. The van der Waals surface area contributed by atoms with Gasteiger partial charge in [0.05, 0.1) is 0 Å². The number of halogens is 2. The number of nitrogens with one attached hydrogen (secondary N) is 1. The molecule has 2 nitrogen and oxygen atoms in total. The fourth-order valence-electron chi connectivity index (χ4n) is 2.75. The largest absolute Gasteiger partial charge is 0.349 e. The zero-order valence-electron chi connectivity index (χ0n) is 11.1. The highest BCUT2D eigenvalue weighted by Crippen LogP contribution is 2.27. The van der Waals surface area contributed by atoms with Gasteiger partial charge in [0.2, 0.25) is 0 Å². The molecular weight excluding hydrogens is 326 g/mol. The van der Waals surface area contributed by atoms with E-state index in [2.05, 4.69) is 28.2 Å². The van der Waals surface area contributed by atoms with E-state index in [1.165, 1.54) is 19.3 Å². The summed E-state index contributed by atoms with van der Waals surface area (Å²) in [5.74, 6) is 0.732. The van der Waals surface area contributed by atoms with Gasteiger partial charge in [0.15, 0.2) is 0 Å². The fraction of sp³-hybridized carbons (Fsp3) is 0.533. The Morgan fingerprint density at radius 1 is 1.42 bits per heavy atom. The van der Waals surface area contributed by atoms with E-state index >= 15 is 0 Å². The topological polar surface area (TPSA) is 29.1 Å². The normalized spacial score (nSPS) is 23.1. The zero-order valence-corrected chi connectivity index (χ0v) is 13.4. The number of hydrogen-bond donors (Lipinski definition) is 1. The van der Waals surface area contributed by atoms with E-state index < -0.39 is 0 Å². The van der Waals surface area contributed by atoms with Crippen LogP contribution in [-0.2, 0) is 0 Å². The molecule has 104 valence electrons. The number of carbonyl (C=O) groups excluding carboxylic acids is 1. The standard InChI is InChI=1S/C15H19BrClNO/c1-2-10-4-3-5-14(6-10)18-15(19)11-7-12(16)9-13(17)8-11/h7-10,14H,2-6H2,1H3,(H,18,19). The molecule has 2 unspecified atom stereocenters. The Morgan fingerprint density at radius 2 is 2.21 bits per heavy atom. The van der Waals surface area contributed by atoms with Crippen molar-refractivity contribution in [2.75, 3.05) is 0 Å². The first-order valence-corrected chi connectivity index (χ1v) is 8.02. The first kappa shape index (κ1) is 14.9. The maximum Gasteiger partial charge on any atom is 0.251 e. The molecule has 2 atom stereocenters. The van der Waals surface area contributed by atoms with E-state index in [1.54, 1.807) is 18.2 Å². The van der Waals surface area contributed by atoms with Crippen LogP contribution in [-0.4, -0.2) is 11.9 Å². The van der Waals surface area contributed by atoms with Crippen molar-refractivity contribution in [2.24, 2.45) is 5.92 Å². The van der Waals surface area contributed by atoms with Crippen LogP contribution in [0.1, 0.15) is 49.4 Å². The maximum atomic E-state index is 12.2. The number of rotatable bonds is 3. The Balaban J connectivity index is 2.00. The predicted molar refractivity (Wildman–Crippen MR) is 82.7 cm³/mol. The summed E-state index contributed by atoms with van der Waals surface area (Å²) in [6.07, 6.45) is 5.90. The van der Waals surface area contributed by atoms with Crippen molar-refractivity contribution in [3.05, 3.63) is 33.3 Å². The molecule has 1 fully saturated rings. The van der Waals surface area contributed by atoms with Crippen LogP contribution in [0.2, 0.25) is 5.02 Å². The van der Waals surface area contributed by atoms with Gasteiger partial charge in [-0.15, -0.1) is 0 Å². The van der Waals surface area contributed by atoms with Gasteiger partial charge < -0.3 is 5.32 Å². The molecule has 1 saturated carbocycles. The van der Waals surface area contributed by atoms with Crippen molar-refractivity contribution in [3.63, 3.8) is 0 Å². The molecule has 0 aliphatic heterocycles. The Morgan fingerprint density at radius 3 is 2.89 bits per heavy atom. The van der Waals surface area contributed by atoms with Crippen LogP contribution in [0.15, 0.2) is 22.7 Å². The minimum absolute atomic E-state index is 0.0232. The van der Waals surface area contributed by atoms with Crippen LogP contribution in [0.25, 0.3) is 0 Å². The molecule has 1 aromatic carbocycles. The minimum atomic E-state index is -0.0232. The average Bonchev–Trinajstić information content (AvgIpc) is 2.37. The molecule has 1 amide bonds. The van der Waals surface area contributed by atoms with Gasteiger partial charge in [0, 0.05) is 21.1 Å². The highest BCUT2D eigenvalue weighted by Gasteiger charge is 2.22. The Bertz CT molecular complexity index is 443. The molecule has 1 aliphatic rings. The van der Waals surface area contributed by atoms with Gasteiger partial charge in [-0.1, -0.05) is 53.7 Å². The molecule has 1 N–H and O–H groups in total. The number of hydrogen-bond acceptors (Lipinski definition) is 1. The molecule has 1 aliphatic carbocycles. The quantitative estimate of drug-likeness (QED) is 0.838. The molecule has 2 rings (SSSR count). The van der Waals surface area contributed by atoms with Gasteiger partial charge in [-0.3, -0.25) is 4.79 Å². The maximum absolute atomic E-state index is 12.2. The smallest absolute Gasteiger partial charge is 0.251 e. The molecule has 1 aromatic rings. The molecule has 0 radical (unpaired) electrons. The minimum Gasteiger partial charge on any atom is -0.349 e. The number of amides is 1. The summed E-state index contributed by atoms with van der Waals surface area (Å²) < 4.78 is 0.834. The van der Waals surface area contributed by atoms with E-state index in [4.69, 9.17) is 11.6 Å². The number of benzene rings is 1. The van der Waals surface area contributed by atoms with Gasteiger partial charge in [0.1, 0.15) is 0 Å². The van der Waals surface area contributed by atoms with E-state index in [9.17, 15) is 4.79 Å². The number of carbonyl (C=O) groups is 1. The lowest BCUT2D eigenvalue weighted by molar-refractivity contribution is 0.0919. The van der Waals surface area contributed by atoms with Crippen LogP contribution in [0.4, 0.5) is 0 Å². The van der Waals surface area contributed by atoms with E-state index in [-0.39, 0.29) is 5.91 Å². The van der Waals surface area contributed by atoms with Crippen molar-refractivity contribution < 1.29 is 4.79 Å². The summed E-state index contributed by atoms with van der Waals surface area (Å²) in [5, 5.41) is 3.71. The van der Waals surface area contributed by atoms with Crippen LogP contribution in [0.5, 0.6) is 0 Å². The molecular formula is C15H19BrClNO. The molecule has 0 bridgehead atoms. The van der Waals surface area contributed by atoms with Gasteiger partial charge >= 0.3 is 0 Å². The zero-order chi connectivity index (χ0) is 13.8. The Labute approximate surface area is 128 Å². The van der Waals surface area contributed by atoms with E-state index in [1.807, 2.05) is 0 Å². The Hall–Kier alpha value is -0.540. The summed E-state index contributed by atoms with van der Waals surface area (Å²) in [6, 6.07) is 5.61. The van der Waals surface area contributed by atoms with E-state index in [0.29, 0.717) is 16.6 Å². The third-order valence-corrected chi connectivity index (χ3v) is 4.50. The third kappa shape index (κ3) is 4.22. The van der Waals surface area contributed by atoms with Gasteiger partial charge in [-0.25, -0.2) is 0 Å². The second-order valence-corrected chi connectivity index (χ2v) is 6.62. The van der Waals surface area contributed by atoms with Crippen LogP contribution < -0.4 is 5.32 Å². The molecule has 0 saturated heterocycles. The van der Waals surface area contributed by atoms with Crippen LogP contribution in [0.3, 0.4) is 0 Å². The molecule has 0 spiro atoms. The average molecular weight is 345 g/mol. The summed E-state index contributed by atoms with van der Waals surface area (Å²) in [5.41, 5.74) is 0.623. The third-order valence-electron chi connectivity index (χ3n) is 3.82. The van der Waals surface area contributed by atoms with Crippen LogP contribution in [0, 0.1) is 5.92 Å². The second kappa shape index (κ2) is 6.76. The lowest BCUT2D eigenvalue weighted by atomic mass is 9.84. The highest BCUT2D eigenvalue weighted by atomic mass is 79.9. The van der Waals surface area contributed by atoms with Crippen LogP contribution >= 0.6 is 27.5 Å². The van der Waals surface area contributed by atoms with Gasteiger partial charge in [-0.2, -0.15) is 0 Å².